The fraction of sp³-hybridized carbons (Fsp3) is 0.333. The fourth-order valence-corrected chi connectivity index (χ4v) is 5.97. The topological polar surface area (TPSA) is 106 Å². The molecule has 4 rings (SSSR count). The molecule has 10 heteroatoms. The summed E-state index contributed by atoms with van der Waals surface area (Å²) in [6, 6.07) is 7.37. The average molecular weight is 462 g/mol. The minimum atomic E-state index is -3.86. The molecule has 0 unspecified atom stereocenters. The highest BCUT2D eigenvalue weighted by Gasteiger charge is 2.36. The lowest BCUT2D eigenvalue weighted by Crippen LogP contribution is -2.45. The van der Waals surface area contributed by atoms with Gasteiger partial charge in [0, 0.05) is 18.0 Å². The smallest absolute Gasteiger partial charge is 0.248 e. The van der Waals surface area contributed by atoms with Crippen LogP contribution in [0.3, 0.4) is 0 Å². The maximum atomic E-state index is 13.4. The molecule has 8 nitrogen and oxygen atoms in total. The molecular weight excluding hydrogens is 438 g/mol. The summed E-state index contributed by atoms with van der Waals surface area (Å²) in [5.74, 6) is 0.228. The number of nitrogens with one attached hydrogen (secondary N) is 1. The third-order valence-electron chi connectivity index (χ3n) is 5.15. The number of rotatable bonds is 7. The molecule has 1 saturated heterocycles. The van der Waals surface area contributed by atoms with Crippen molar-refractivity contribution in [2.24, 2.45) is 5.92 Å². The van der Waals surface area contributed by atoms with E-state index in [1.165, 1.54) is 15.6 Å². The van der Waals surface area contributed by atoms with E-state index in [-0.39, 0.29) is 29.7 Å². The van der Waals surface area contributed by atoms with Gasteiger partial charge in [-0.05, 0) is 55.5 Å². The maximum absolute atomic E-state index is 13.4. The van der Waals surface area contributed by atoms with E-state index in [9.17, 15) is 13.2 Å². The van der Waals surface area contributed by atoms with Gasteiger partial charge in [-0.25, -0.2) is 8.42 Å². The predicted octanol–water partition coefficient (Wildman–Crippen LogP) is 3.53. The van der Waals surface area contributed by atoms with Gasteiger partial charge in [-0.1, -0.05) is 11.2 Å². The number of amides is 1. The van der Waals surface area contributed by atoms with Crippen molar-refractivity contribution in [3.05, 3.63) is 58.0 Å². The zero-order valence-corrected chi connectivity index (χ0v) is 18.6. The first kappa shape index (κ1) is 21.5. The Kier molecular flexibility index (Phi) is 6.40. The minimum absolute atomic E-state index is 0.0527. The van der Waals surface area contributed by atoms with Gasteiger partial charge in [-0.15, -0.1) is 11.3 Å². The number of nitrogens with zero attached hydrogens (tertiary/aromatic N) is 2. The number of furan rings is 1. The van der Waals surface area contributed by atoms with Gasteiger partial charge in [0.1, 0.15) is 11.5 Å². The second-order valence-electron chi connectivity index (χ2n) is 7.31. The summed E-state index contributed by atoms with van der Waals surface area (Å²) in [6.45, 7) is 2.35. The molecule has 0 aliphatic carbocycles. The number of piperidine rings is 1. The lowest BCUT2D eigenvalue weighted by molar-refractivity contribution is -0.126. The highest BCUT2D eigenvalue weighted by atomic mass is 32.2. The van der Waals surface area contributed by atoms with E-state index in [1.54, 1.807) is 37.5 Å². The number of hydrogen-bond donors (Lipinski definition) is 1. The number of sulfonamides is 1. The molecule has 1 aliphatic rings. The average Bonchev–Trinajstić information content (AvgIpc) is 3.53. The Bertz CT molecular complexity index is 1150. The van der Waals surface area contributed by atoms with E-state index in [4.69, 9.17) is 8.94 Å². The van der Waals surface area contributed by atoms with E-state index in [1.807, 2.05) is 17.5 Å². The molecule has 3 aromatic rings. The second-order valence-corrected chi connectivity index (χ2v) is 10.2. The van der Waals surface area contributed by atoms with Crippen molar-refractivity contribution in [3.63, 3.8) is 0 Å². The number of hydrogen-bond acceptors (Lipinski definition) is 7. The molecule has 1 atom stereocenters. The third kappa shape index (κ3) is 4.81. The van der Waals surface area contributed by atoms with E-state index in [0.717, 1.165) is 4.88 Å². The van der Waals surface area contributed by atoms with Crippen LogP contribution in [-0.2, 0) is 21.4 Å². The zero-order valence-electron chi connectivity index (χ0n) is 17.0. The van der Waals surface area contributed by atoms with Gasteiger partial charge in [0.15, 0.2) is 10.7 Å². The minimum Gasteiger partial charge on any atom is -0.467 e. The van der Waals surface area contributed by atoms with E-state index < -0.39 is 15.9 Å². The molecular formula is C21H23N3O5S2. The molecule has 3 aromatic heterocycles. The Morgan fingerprint density at radius 2 is 2.23 bits per heavy atom. The van der Waals surface area contributed by atoms with Crippen molar-refractivity contribution in [2.75, 3.05) is 13.1 Å². The molecule has 0 spiro atoms. The Hall–Kier alpha value is -2.69. The Morgan fingerprint density at radius 3 is 2.97 bits per heavy atom. The molecule has 1 amide bonds. The third-order valence-corrected chi connectivity index (χ3v) is 8.01. The van der Waals surface area contributed by atoms with Crippen LogP contribution in [0.15, 0.2) is 49.7 Å². The molecule has 4 heterocycles. The molecule has 1 fully saturated rings. The number of carbonyl (C=O) groups is 1. The van der Waals surface area contributed by atoms with Crippen LogP contribution in [0.25, 0.3) is 12.2 Å². The Morgan fingerprint density at radius 1 is 1.35 bits per heavy atom. The summed E-state index contributed by atoms with van der Waals surface area (Å²) < 4.78 is 38.7. The van der Waals surface area contributed by atoms with Crippen LogP contribution < -0.4 is 5.32 Å². The first-order valence-electron chi connectivity index (χ1n) is 9.93. The summed E-state index contributed by atoms with van der Waals surface area (Å²) in [7, 11) is -3.86. The second kappa shape index (κ2) is 9.21. The predicted molar refractivity (Wildman–Crippen MR) is 117 cm³/mol. The van der Waals surface area contributed by atoms with Crippen LogP contribution in [0.5, 0.6) is 0 Å². The molecule has 0 aromatic carbocycles. The van der Waals surface area contributed by atoms with Crippen molar-refractivity contribution >= 4 is 39.4 Å². The molecule has 164 valence electrons. The Labute approximate surface area is 184 Å². The van der Waals surface area contributed by atoms with Gasteiger partial charge in [0.25, 0.3) is 0 Å². The number of aromatic nitrogens is 1. The van der Waals surface area contributed by atoms with E-state index in [0.29, 0.717) is 30.8 Å². The standard InChI is InChI=1S/C21H23N3O5S2/c1-15-20(19(29-23-15)9-8-18-7-4-12-30-18)31(26,27)24-10-2-5-16(14-24)21(25)22-13-17-6-3-11-28-17/h3-4,6-9,11-12,16H,2,5,10,13-14H2,1H3,(H,22,25)/b9-8+/t16-/m1/s1. The molecule has 1 aliphatic heterocycles. The normalized spacial score (nSPS) is 17.9. The fourth-order valence-electron chi connectivity index (χ4n) is 3.58. The molecule has 0 radical (unpaired) electrons. The SMILES string of the molecule is Cc1noc(/C=C/c2cccs2)c1S(=O)(=O)N1CCC[C@@H](C(=O)NCc2ccco2)C1. The summed E-state index contributed by atoms with van der Waals surface area (Å²) in [5, 5.41) is 8.63. The number of thiophene rings is 1. The van der Waals surface area contributed by atoms with Crippen molar-refractivity contribution in [1.29, 1.82) is 0 Å². The van der Waals surface area contributed by atoms with Gasteiger partial charge < -0.3 is 14.3 Å². The van der Waals surface area contributed by atoms with Crippen molar-refractivity contribution in [2.45, 2.75) is 31.2 Å². The van der Waals surface area contributed by atoms with Crippen molar-refractivity contribution in [1.82, 2.24) is 14.8 Å². The quantitative estimate of drug-likeness (QED) is 0.577. The number of carbonyl (C=O) groups excluding carboxylic acids is 1. The summed E-state index contributed by atoms with van der Waals surface area (Å²) in [5.41, 5.74) is 0.301. The zero-order chi connectivity index (χ0) is 21.8. The van der Waals surface area contributed by atoms with Crippen LogP contribution in [0.4, 0.5) is 0 Å². The first-order chi connectivity index (χ1) is 14.9. The Balaban J connectivity index is 1.49. The van der Waals surface area contributed by atoms with Crippen LogP contribution in [0.1, 0.15) is 34.9 Å². The number of aryl methyl sites for hydroxylation is 1. The molecule has 0 saturated carbocycles. The van der Waals surface area contributed by atoms with E-state index in [2.05, 4.69) is 10.5 Å². The van der Waals surface area contributed by atoms with Crippen LogP contribution in [-0.4, -0.2) is 36.9 Å². The molecule has 31 heavy (non-hydrogen) atoms. The monoisotopic (exact) mass is 461 g/mol. The van der Waals surface area contributed by atoms with Crippen LogP contribution >= 0.6 is 11.3 Å². The highest BCUT2D eigenvalue weighted by Crippen LogP contribution is 2.29. The molecule has 1 N–H and O–H groups in total. The van der Waals surface area contributed by atoms with Crippen LogP contribution in [0.2, 0.25) is 0 Å². The van der Waals surface area contributed by atoms with Gasteiger partial charge in [0.05, 0.1) is 18.7 Å². The molecule has 0 bridgehead atoms. The summed E-state index contributed by atoms with van der Waals surface area (Å²) in [6.07, 6.45) is 6.19. The maximum Gasteiger partial charge on any atom is 0.248 e. The first-order valence-corrected chi connectivity index (χ1v) is 12.2. The lowest BCUT2D eigenvalue weighted by Gasteiger charge is -2.31. The summed E-state index contributed by atoms with van der Waals surface area (Å²) >= 11 is 1.54. The van der Waals surface area contributed by atoms with Gasteiger partial charge >= 0.3 is 0 Å². The lowest BCUT2D eigenvalue weighted by atomic mass is 9.99. The highest BCUT2D eigenvalue weighted by molar-refractivity contribution is 7.89. The van der Waals surface area contributed by atoms with E-state index >= 15 is 0 Å². The van der Waals surface area contributed by atoms with Crippen LogP contribution in [0, 0.1) is 12.8 Å². The van der Waals surface area contributed by atoms with Gasteiger partial charge in [-0.3, -0.25) is 4.79 Å². The van der Waals surface area contributed by atoms with Gasteiger partial charge in [-0.2, -0.15) is 4.31 Å². The van der Waals surface area contributed by atoms with Crippen molar-refractivity contribution in [3.8, 4) is 0 Å². The van der Waals surface area contributed by atoms with Gasteiger partial charge in [0.2, 0.25) is 15.9 Å². The summed E-state index contributed by atoms with van der Waals surface area (Å²) in [4.78, 5) is 13.6. The largest absolute Gasteiger partial charge is 0.467 e. The van der Waals surface area contributed by atoms with Crippen molar-refractivity contribution < 1.29 is 22.2 Å².